The number of nitrogens with two attached hydrogens (primary N) is 1. The molecule has 6 nitrogen and oxygen atoms in total. The molecule has 0 fully saturated rings. The second-order valence-corrected chi connectivity index (χ2v) is 7.42. The van der Waals surface area contributed by atoms with Gasteiger partial charge in [-0.25, -0.2) is 4.98 Å². The fraction of sp³-hybridized carbons (Fsp3) is 0.0417. The molecule has 0 bridgehead atoms. The van der Waals surface area contributed by atoms with Crippen molar-refractivity contribution in [2.24, 2.45) is 0 Å². The smallest absolute Gasteiger partial charge is 0.135 e. The molecule has 0 unspecified atom stereocenters. The van der Waals surface area contributed by atoms with E-state index in [1.807, 2.05) is 18.2 Å². The molecule has 1 aromatic carbocycles. The average molecular weight is 390 g/mol. The summed E-state index contributed by atoms with van der Waals surface area (Å²) in [4.78, 5) is 12.6. The summed E-state index contributed by atoms with van der Waals surface area (Å²) in [6.45, 7) is 0. The summed E-state index contributed by atoms with van der Waals surface area (Å²) >= 11 is 0. The number of aromatic amines is 2. The molecule has 4 heterocycles. The first kappa shape index (κ1) is 16.7. The van der Waals surface area contributed by atoms with Gasteiger partial charge in [0.2, 0.25) is 0 Å². The van der Waals surface area contributed by atoms with Crippen molar-refractivity contribution in [1.82, 2.24) is 25.1 Å². The molecule has 30 heavy (non-hydrogen) atoms. The van der Waals surface area contributed by atoms with E-state index in [0.29, 0.717) is 5.69 Å². The molecule has 0 aliphatic heterocycles. The summed E-state index contributed by atoms with van der Waals surface area (Å²) in [5, 5.41) is 8.83. The minimum Gasteiger partial charge on any atom is -0.397 e. The molecule has 6 rings (SSSR count). The number of pyridine rings is 2. The lowest BCUT2D eigenvalue weighted by atomic mass is 10.0. The van der Waals surface area contributed by atoms with Crippen molar-refractivity contribution in [3.8, 4) is 22.6 Å². The van der Waals surface area contributed by atoms with E-state index >= 15 is 0 Å². The van der Waals surface area contributed by atoms with E-state index in [9.17, 15) is 0 Å². The number of nitrogens with one attached hydrogen (secondary N) is 2. The quantitative estimate of drug-likeness (QED) is 0.400. The van der Waals surface area contributed by atoms with Gasteiger partial charge in [0, 0.05) is 28.9 Å². The van der Waals surface area contributed by atoms with Crippen molar-refractivity contribution in [3.05, 3.63) is 78.6 Å². The van der Waals surface area contributed by atoms with Crippen LogP contribution in [-0.2, 0) is 0 Å². The minimum atomic E-state index is 0.611. The lowest BCUT2D eigenvalue weighted by Gasteiger charge is -2.02. The molecule has 0 amide bonds. The zero-order valence-corrected chi connectivity index (χ0v) is 16.1. The zero-order chi connectivity index (χ0) is 20.1. The number of nitrogens with zero attached hydrogens (tertiary/aromatic N) is 3. The first-order chi connectivity index (χ1) is 14.8. The van der Waals surface area contributed by atoms with Gasteiger partial charge >= 0.3 is 0 Å². The van der Waals surface area contributed by atoms with E-state index < -0.39 is 0 Å². The number of rotatable bonds is 3. The van der Waals surface area contributed by atoms with Gasteiger partial charge in [-0.3, -0.25) is 10.1 Å². The van der Waals surface area contributed by atoms with Crippen LogP contribution < -0.4 is 5.73 Å². The van der Waals surface area contributed by atoms with Crippen LogP contribution in [0.2, 0.25) is 0 Å². The fourth-order valence-corrected chi connectivity index (χ4v) is 4.04. The lowest BCUT2D eigenvalue weighted by molar-refractivity contribution is 1.12. The number of aromatic nitrogens is 5. The number of anilines is 1. The Hall–Kier alpha value is -4.19. The number of benzene rings is 1. The van der Waals surface area contributed by atoms with Gasteiger partial charge in [0.1, 0.15) is 11.2 Å². The topological polar surface area (TPSA) is 96.3 Å². The second-order valence-electron chi connectivity index (χ2n) is 7.42. The molecular weight excluding hydrogens is 372 g/mol. The molecule has 6 heteroatoms. The molecule has 0 saturated carbocycles. The van der Waals surface area contributed by atoms with Gasteiger partial charge in [-0.2, -0.15) is 5.10 Å². The Morgan fingerprint density at radius 1 is 1.00 bits per heavy atom. The number of nitrogen functional groups attached to an aromatic ring is 1. The molecular formula is C24H18N6. The molecule has 1 aliphatic rings. The van der Waals surface area contributed by atoms with E-state index in [-0.39, 0.29) is 0 Å². The van der Waals surface area contributed by atoms with Crippen LogP contribution in [0.4, 0.5) is 5.69 Å². The maximum absolute atomic E-state index is 5.90. The van der Waals surface area contributed by atoms with Gasteiger partial charge in [0.25, 0.3) is 0 Å². The third kappa shape index (κ3) is 2.62. The number of fused-ring (bicyclic) bond motifs is 2. The van der Waals surface area contributed by atoms with Crippen LogP contribution in [-0.4, -0.2) is 25.1 Å². The first-order valence-corrected chi connectivity index (χ1v) is 9.81. The highest BCUT2D eigenvalue weighted by Crippen LogP contribution is 2.34. The Balaban J connectivity index is 1.51. The lowest BCUT2D eigenvalue weighted by Crippen LogP contribution is -1.90. The zero-order valence-electron chi connectivity index (χ0n) is 16.1. The number of hydrogen-bond acceptors (Lipinski definition) is 4. The predicted octanol–water partition coefficient (Wildman–Crippen LogP) is 5.09. The van der Waals surface area contributed by atoms with E-state index in [1.165, 1.54) is 16.5 Å². The summed E-state index contributed by atoms with van der Waals surface area (Å²) in [6.07, 6.45) is 11.0. The molecule has 0 spiro atoms. The van der Waals surface area contributed by atoms with Crippen LogP contribution in [0.1, 0.15) is 12.0 Å². The van der Waals surface area contributed by atoms with Gasteiger partial charge in [-0.1, -0.05) is 30.4 Å². The highest BCUT2D eigenvalue weighted by molar-refractivity contribution is 6.00. The van der Waals surface area contributed by atoms with E-state index in [1.54, 1.807) is 12.4 Å². The van der Waals surface area contributed by atoms with E-state index in [0.717, 1.165) is 45.6 Å². The Bertz CT molecular complexity index is 1480. The van der Waals surface area contributed by atoms with Crippen LogP contribution in [0.15, 0.2) is 73.1 Å². The monoisotopic (exact) mass is 390 g/mol. The summed E-state index contributed by atoms with van der Waals surface area (Å²) < 4.78 is 0. The van der Waals surface area contributed by atoms with Gasteiger partial charge in [-0.15, -0.1) is 0 Å². The van der Waals surface area contributed by atoms with Gasteiger partial charge in [-0.05, 0) is 47.9 Å². The first-order valence-electron chi connectivity index (χ1n) is 9.81. The van der Waals surface area contributed by atoms with Crippen LogP contribution in [0.5, 0.6) is 0 Å². The third-order valence-electron chi connectivity index (χ3n) is 5.46. The maximum Gasteiger partial charge on any atom is 0.135 e. The van der Waals surface area contributed by atoms with Gasteiger partial charge < -0.3 is 10.7 Å². The highest BCUT2D eigenvalue weighted by atomic mass is 15.1. The van der Waals surface area contributed by atoms with Crippen LogP contribution in [0.25, 0.3) is 50.2 Å². The standard InChI is InChI=1S/C24H18N6/c25-16-10-15(12-26-13-16)19-8-9-21-23(28-19)24(30-29-21)22-11-18-17(14-4-1-2-5-14)6-3-7-20(18)27-22/h1,3-13,27H,2,25H2,(H,29,30). The normalized spacial score (nSPS) is 13.4. The predicted molar refractivity (Wildman–Crippen MR) is 121 cm³/mol. The Morgan fingerprint density at radius 3 is 2.83 bits per heavy atom. The largest absolute Gasteiger partial charge is 0.397 e. The second kappa shape index (κ2) is 6.42. The molecule has 144 valence electrons. The minimum absolute atomic E-state index is 0.611. The third-order valence-corrected chi connectivity index (χ3v) is 5.46. The summed E-state index contributed by atoms with van der Waals surface area (Å²) in [5.74, 6) is 0. The molecule has 4 N–H and O–H groups in total. The van der Waals surface area contributed by atoms with Crippen LogP contribution in [0, 0.1) is 0 Å². The summed E-state index contributed by atoms with van der Waals surface area (Å²) in [5.41, 5.74) is 15.2. The SMILES string of the molecule is Nc1cncc(-c2ccc3[nH]nc(-c4cc5c(C6=CCC=C6)cccc5[nH]4)c3n2)c1. The van der Waals surface area contributed by atoms with Gasteiger partial charge in [0.05, 0.1) is 22.6 Å². The van der Waals surface area contributed by atoms with Crippen molar-refractivity contribution in [2.75, 3.05) is 5.73 Å². The average Bonchev–Trinajstić information content (AvgIpc) is 3.51. The van der Waals surface area contributed by atoms with Crippen LogP contribution >= 0.6 is 0 Å². The van der Waals surface area contributed by atoms with Crippen molar-refractivity contribution in [3.63, 3.8) is 0 Å². The number of allylic oxidation sites excluding steroid dienone is 4. The highest BCUT2D eigenvalue weighted by Gasteiger charge is 2.16. The van der Waals surface area contributed by atoms with Crippen LogP contribution in [0.3, 0.4) is 0 Å². The fourth-order valence-electron chi connectivity index (χ4n) is 4.04. The molecule has 5 aromatic rings. The summed E-state index contributed by atoms with van der Waals surface area (Å²) in [6, 6.07) is 14.3. The molecule has 0 saturated heterocycles. The maximum atomic E-state index is 5.90. The Morgan fingerprint density at radius 2 is 1.97 bits per heavy atom. The summed E-state index contributed by atoms with van der Waals surface area (Å²) in [7, 11) is 0. The molecule has 4 aromatic heterocycles. The van der Waals surface area contributed by atoms with Crippen molar-refractivity contribution in [2.45, 2.75) is 6.42 Å². The van der Waals surface area contributed by atoms with Crippen molar-refractivity contribution in [1.29, 1.82) is 0 Å². The van der Waals surface area contributed by atoms with Crippen molar-refractivity contribution >= 4 is 33.2 Å². The molecule has 0 radical (unpaired) electrons. The number of H-pyrrole nitrogens is 2. The van der Waals surface area contributed by atoms with Gasteiger partial charge in [0.15, 0.2) is 0 Å². The molecule has 0 atom stereocenters. The Kier molecular flexibility index (Phi) is 3.58. The Labute approximate surface area is 172 Å². The van der Waals surface area contributed by atoms with E-state index in [2.05, 4.69) is 62.7 Å². The number of hydrogen-bond donors (Lipinski definition) is 3. The van der Waals surface area contributed by atoms with Crippen molar-refractivity contribution < 1.29 is 0 Å². The molecule has 1 aliphatic carbocycles. The van der Waals surface area contributed by atoms with E-state index in [4.69, 9.17) is 10.7 Å².